The van der Waals surface area contributed by atoms with Gasteiger partial charge < -0.3 is 14.6 Å². The maximum atomic E-state index is 13.2. The van der Waals surface area contributed by atoms with Crippen LogP contribution in [0.15, 0.2) is 52.9 Å². The van der Waals surface area contributed by atoms with Crippen LogP contribution in [0.1, 0.15) is 47.6 Å². The maximum Gasteiger partial charge on any atom is 0.258 e. The van der Waals surface area contributed by atoms with Gasteiger partial charge in [0.25, 0.3) is 5.91 Å². The number of carbonyl (C=O) groups is 1. The Morgan fingerprint density at radius 3 is 2.68 bits per heavy atom. The molecule has 4 heteroatoms. The lowest BCUT2D eigenvalue weighted by molar-refractivity contribution is 0.0666. The molecule has 1 amide bonds. The van der Waals surface area contributed by atoms with Crippen molar-refractivity contribution in [2.75, 3.05) is 5.32 Å². The van der Waals surface area contributed by atoms with Crippen LogP contribution in [-0.4, -0.2) is 16.8 Å². The molecule has 2 aliphatic rings. The molecule has 0 spiro atoms. The molecule has 1 saturated carbocycles. The first-order valence-corrected chi connectivity index (χ1v) is 8.96. The first-order valence-electron chi connectivity index (χ1n) is 8.96. The fourth-order valence-electron chi connectivity index (χ4n) is 3.89. The average molecular weight is 332 g/mol. The average Bonchev–Trinajstić information content (AvgIpc) is 3.40. The maximum absolute atomic E-state index is 13.2. The lowest BCUT2D eigenvalue weighted by Crippen LogP contribution is -2.44. The quantitative estimate of drug-likeness (QED) is 0.754. The topological polar surface area (TPSA) is 45.5 Å². The van der Waals surface area contributed by atoms with Gasteiger partial charge in [0, 0.05) is 29.1 Å². The normalized spacial score (nSPS) is 19.8. The van der Waals surface area contributed by atoms with Gasteiger partial charge in [-0.3, -0.25) is 4.79 Å². The van der Waals surface area contributed by atoms with E-state index in [1.54, 1.807) is 0 Å². The highest BCUT2D eigenvalue weighted by molar-refractivity contribution is 6.02. The molecule has 0 radical (unpaired) electrons. The third-order valence-electron chi connectivity index (χ3n) is 5.21. The van der Waals surface area contributed by atoms with E-state index in [4.69, 9.17) is 4.42 Å². The van der Waals surface area contributed by atoms with Gasteiger partial charge in [-0.2, -0.15) is 0 Å². The fourth-order valence-corrected chi connectivity index (χ4v) is 3.89. The van der Waals surface area contributed by atoms with Crippen molar-refractivity contribution in [3.63, 3.8) is 0 Å². The molecule has 126 valence electrons. The molecule has 1 aromatic heterocycles. The van der Waals surface area contributed by atoms with E-state index in [0.29, 0.717) is 6.04 Å². The highest BCUT2D eigenvalue weighted by Gasteiger charge is 2.43. The van der Waals surface area contributed by atoms with Crippen molar-refractivity contribution in [1.82, 2.24) is 4.90 Å². The number of rotatable bonds is 3. The first-order chi connectivity index (χ1) is 12.3. The Hall–Kier alpha value is -2.75. The summed E-state index contributed by atoms with van der Waals surface area (Å²) in [6.45, 7) is 2.10. The summed E-state index contributed by atoms with van der Waals surface area (Å²) in [4.78, 5) is 15.2. The fraction of sp³-hybridized carbons (Fsp3) is 0.286. The number of hydrogen-bond acceptors (Lipinski definition) is 3. The smallest absolute Gasteiger partial charge is 0.258 e. The van der Waals surface area contributed by atoms with Crippen LogP contribution < -0.4 is 5.32 Å². The molecular weight excluding hydrogens is 312 g/mol. The van der Waals surface area contributed by atoms with Gasteiger partial charge in [-0.25, -0.2) is 0 Å². The van der Waals surface area contributed by atoms with Crippen molar-refractivity contribution < 1.29 is 9.21 Å². The first kappa shape index (κ1) is 14.6. The number of anilines is 1. The second kappa shape index (κ2) is 5.38. The van der Waals surface area contributed by atoms with Crippen LogP contribution in [0.3, 0.4) is 0 Å². The zero-order valence-corrected chi connectivity index (χ0v) is 14.2. The van der Waals surface area contributed by atoms with Crippen molar-refractivity contribution in [3.05, 3.63) is 65.4 Å². The Morgan fingerprint density at radius 1 is 1.12 bits per heavy atom. The Bertz CT molecular complexity index is 971. The third-order valence-corrected chi connectivity index (χ3v) is 5.21. The van der Waals surface area contributed by atoms with E-state index in [9.17, 15) is 4.79 Å². The lowest BCUT2D eigenvalue weighted by atomic mass is 10.00. The van der Waals surface area contributed by atoms with E-state index < -0.39 is 0 Å². The summed E-state index contributed by atoms with van der Waals surface area (Å²) in [7, 11) is 0. The molecule has 0 unspecified atom stereocenters. The van der Waals surface area contributed by atoms with Crippen LogP contribution in [0.25, 0.3) is 11.0 Å². The van der Waals surface area contributed by atoms with E-state index in [0.717, 1.165) is 52.8 Å². The zero-order valence-electron chi connectivity index (χ0n) is 14.2. The van der Waals surface area contributed by atoms with E-state index in [2.05, 4.69) is 18.3 Å². The predicted molar refractivity (Wildman–Crippen MR) is 97.6 cm³/mol. The molecule has 0 saturated heterocycles. The summed E-state index contributed by atoms with van der Waals surface area (Å²) in [6, 6.07) is 16.2. The zero-order chi connectivity index (χ0) is 17.0. The van der Waals surface area contributed by atoms with Crippen LogP contribution in [0.4, 0.5) is 5.69 Å². The minimum Gasteiger partial charge on any atom is -0.461 e. The standard InChI is InChI=1S/C21H20N2O2/c1-2-17-19(15-8-4-6-10-18(15)25-17)20-22-16-9-5-3-7-14(16)21(24)23(20)13-11-12-13/h3-10,13,20,22H,2,11-12H2,1H3/t20-/m1/s1. The van der Waals surface area contributed by atoms with Gasteiger partial charge in [0.05, 0.1) is 5.56 Å². The number of benzene rings is 2. The van der Waals surface area contributed by atoms with Crippen molar-refractivity contribution in [3.8, 4) is 0 Å². The van der Waals surface area contributed by atoms with Crippen molar-refractivity contribution >= 4 is 22.6 Å². The Kier molecular flexibility index (Phi) is 3.14. The molecule has 2 heterocycles. The van der Waals surface area contributed by atoms with Crippen LogP contribution >= 0.6 is 0 Å². The van der Waals surface area contributed by atoms with Gasteiger partial charge in [-0.1, -0.05) is 37.3 Å². The molecule has 4 nitrogen and oxygen atoms in total. The predicted octanol–water partition coefficient (Wildman–Crippen LogP) is 4.72. The summed E-state index contributed by atoms with van der Waals surface area (Å²) in [5, 5.41) is 4.71. The number of nitrogens with zero attached hydrogens (tertiary/aromatic N) is 1. The van der Waals surface area contributed by atoms with Crippen LogP contribution in [0, 0.1) is 0 Å². The summed E-state index contributed by atoms with van der Waals surface area (Å²) in [6.07, 6.45) is 2.77. The molecule has 1 fully saturated rings. The highest BCUT2D eigenvalue weighted by atomic mass is 16.3. The van der Waals surface area contributed by atoms with Gasteiger partial charge in [0.1, 0.15) is 17.5 Å². The van der Waals surface area contributed by atoms with E-state index in [-0.39, 0.29) is 12.1 Å². The summed E-state index contributed by atoms with van der Waals surface area (Å²) in [5.74, 6) is 1.07. The van der Waals surface area contributed by atoms with Gasteiger partial charge in [0.15, 0.2) is 0 Å². The van der Waals surface area contributed by atoms with Crippen molar-refractivity contribution in [2.24, 2.45) is 0 Å². The van der Waals surface area contributed by atoms with E-state index in [1.165, 1.54) is 0 Å². The van der Waals surface area contributed by atoms with Crippen LogP contribution in [-0.2, 0) is 6.42 Å². The second-order valence-electron chi connectivity index (χ2n) is 6.82. The largest absolute Gasteiger partial charge is 0.461 e. The van der Waals surface area contributed by atoms with Gasteiger partial charge in [-0.15, -0.1) is 0 Å². The molecule has 0 bridgehead atoms. The number of amides is 1. The monoisotopic (exact) mass is 332 g/mol. The molecule has 1 aliphatic heterocycles. The third kappa shape index (κ3) is 2.17. The summed E-state index contributed by atoms with van der Waals surface area (Å²) < 4.78 is 6.10. The number of carbonyl (C=O) groups excluding carboxylic acids is 1. The minimum atomic E-state index is -0.173. The lowest BCUT2D eigenvalue weighted by Gasteiger charge is -2.38. The number of nitrogens with one attached hydrogen (secondary N) is 1. The minimum absolute atomic E-state index is 0.120. The van der Waals surface area contributed by atoms with E-state index in [1.807, 2.05) is 47.4 Å². The highest BCUT2D eigenvalue weighted by Crippen LogP contribution is 2.44. The number of furan rings is 1. The molecule has 2 aromatic carbocycles. The molecule has 5 rings (SSSR count). The SMILES string of the molecule is CCc1oc2ccccc2c1[C@@H]1Nc2ccccc2C(=O)N1C1CC1. The van der Waals surface area contributed by atoms with Gasteiger partial charge >= 0.3 is 0 Å². The molecule has 1 aliphatic carbocycles. The van der Waals surface area contributed by atoms with Crippen molar-refractivity contribution in [1.29, 1.82) is 0 Å². The Labute approximate surface area is 146 Å². The van der Waals surface area contributed by atoms with E-state index >= 15 is 0 Å². The Morgan fingerprint density at radius 2 is 1.88 bits per heavy atom. The summed E-state index contributed by atoms with van der Waals surface area (Å²) >= 11 is 0. The Balaban J connectivity index is 1.72. The van der Waals surface area contributed by atoms with Crippen LogP contribution in [0.2, 0.25) is 0 Å². The molecule has 1 atom stereocenters. The molecule has 3 aromatic rings. The second-order valence-corrected chi connectivity index (χ2v) is 6.82. The van der Waals surface area contributed by atoms with Gasteiger partial charge in [-0.05, 0) is 31.0 Å². The number of para-hydroxylation sites is 2. The van der Waals surface area contributed by atoms with Gasteiger partial charge in [0.2, 0.25) is 0 Å². The van der Waals surface area contributed by atoms with Crippen LogP contribution in [0.5, 0.6) is 0 Å². The van der Waals surface area contributed by atoms with Crippen molar-refractivity contribution in [2.45, 2.75) is 38.4 Å². The molecular formula is C21H20N2O2. The molecule has 1 N–H and O–H groups in total. The number of fused-ring (bicyclic) bond motifs is 2. The number of hydrogen-bond donors (Lipinski definition) is 1. The molecule has 25 heavy (non-hydrogen) atoms. The summed E-state index contributed by atoms with van der Waals surface area (Å²) in [5.41, 5.74) is 3.66. The number of aryl methyl sites for hydroxylation is 1.